The molecule has 8 nitrogen and oxygen atoms in total. The third-order valence-electron chi connectivity index (χ3n) is 4.91. The number of carbonyl (C=O) groups excluding carboxylic acids is 1. The van der Waals surface area contributed by atoms with Crippen LogP contribution in [0.3, 0.4) is 0 Å². The number of aliphatic carboxylic acids is 1. The van der Waals surface area contributed by atoms with Crippen molar-refractivity contribution in [1.29, 1.82) is 0 Å². The van der Waals surface area contributed by atoms with Gasteiger partial charge in [0.15, 0.2) is 5.16 Å². The Morgan fingerprint density at radius 3 is 3.00 bits per heavy atom. The van der Waals surface area contributed by atoms with Crippen molar-refractivity contribution in [3.8, 4) is 0 Å². The lowest BCUT2D eigenvalue weighted by Gasteiger charge is -2.33. The van der Waals surface area contributed by atoms with Crippen LogP contribution in [0.4, 0.5) is 0 Å². The van der Waals surface area contributed by atoms with Gasteiger partial charge in [0.1, 0.15) is 6.33 Å². The second-order valence-electron chi connectivity index (χ2n) is 6.66. The standard InChI is InChI=1S/C15H22N4O4S/c1-10(2)19-9-16-17-14(19)24-7-12(20)18-5-11-6-23-4-3-15(11,8-18)13(21)22/h9-11H,3-8H2,1-2H3,(H,21,22)/t11-,15+/m0/s1. The average Bonchev–Trinajstić information content (AvgIpc) is 3.17. The van der Waals surface area contributed by atoms with Crippen molar-refractivity contribution in [3.05, 3.63) is 6.33 Å². The second-order valence-corrected chi connectivity index (χ2v) is 7.60. The predicted molar refractivity (Wildman–Crippen MR) is 86.7 cm³/mol. The molecule has 132 valence electrons. The van der Waals surface area contributed by atoms with E-state index in [1.54, 1.807) is 11.2 Å². The molecular formula is C15H22N4O4S. The van der Waals surface area contributed by atoms with Crippen LogP contribution in [0.5, 0.6) is 0 Å². The molecule has 1 amide bonds. The number of carbonyl (C=O) groups is 2. The molecule has 2 aliphatic heterocycles. The lowest BCUT2D eigenvalue weighted by molar-refractivity contribution is -0.157. The maximum Gasteiger partial charge on any atom is 0.311 e. The molecule has 1 aromatic rings. The van der Waals surface area contributed by atoms with Gasteiger partial charge >= 0.3 is 5.97 Å². The number of amides is 1. The van der Waals surface area contributed by atoms with Crippen LogP contribution >= 0.6 is 11.8 Å². The van der Waals surface area contributed by atoms with Gasteiger partial charge in [-0.1, -0.05) is 11.8 Å². The average molecular weight is 354 g/mol. The van der Waals surface area contributed by atoms with E-state index in [9.17, 15) is 14.7 Å². The van der Waals surface area contributed by atoms with Gasteiger partial charge in [0.05, 0.1) is 17.8 Å². The molecule has 0 aromatic carbocycles. The highest BCUT2D eigenvalue weighted by molar-refractivity contribution is 7.99. The summed E-state index contributed by atoms with van der Waals surface area (Å²) in [6.07, 6.45) is 2.12. The molecule has 1 N–H and O–H groups in total. The summed E-state index contributed by atoms with van der Waals surface area (Å²) in [6.45, 7) is 5.62. The van der Waals surface area contributed by atoms with Crippen LogP contribution in [0.2, 0.25) is 0 Å². The van der Waals surface area contributed by atoms with Crippen LogP contribution in [0, 0.1) is 11.3 Å². The zero-order chi connectivity index (χ0) is 17.3. The van der Waals surface area contributed by atoms with Crippen molar-refractivity contribution in [3.63, 3.8) is 0 Å². The van der Waals surface area contributed by atoms with Crippen LogP contribution in [-0.4, -0.2) is 68.7 Å². The minimum Gasteiger partial charge on any atom is -0.481 e. The number of fused-ring (bicyclic) bond motifs is 1. The molecule has 0 radical (unpaired) electrons. The van der Waals surface area contributed by atoms with Crippen LogP contribution < -0.4 is 0 Å². The molecule has 0 saturated carbocycles. The van der Waals surface area contributed by atoms with Crippen molar-refractivity contribution in [2.45, 2.75) is 31.5 Å². The monoisotopic (exact) mass is 354 g/mol. The van der Waals surface area contributed by atoms with Crippen LogP contribution in [0.25, 0.3) is 0 Å². The van der Waals surface area contributed by atoms with E-state index in [0.717, 1.165) is 0 Å². The normalized spacial score (nSPS) is 26.6. The number of aromatic nitrogens is 3. The minimum absolute atomic E-state index is 0.0617. The summed E-state index contributed by atoms with van der Waals surface area (Å²) >= 11 is 1.34. The molecule has 0 bridgehead atoms. The largest absolute Gasteiger partial charge is 0.481 e. The van der Waals surface area contributed by atoms with E-state index < -0.39 is 11.4 Å². The molecule has 2 saturated heterocycles. The molecule has 2 aliphatic rings. The number of rotatable bonds is 5. The van der Waals surface area contributed by atoms with Crippen molar-refractivity contribution in [2.75, 3.05) is 32.1 Å². The van der Waals surface area contributed by atoms with Gasteiger partial charge in [0.25, 0.3) is 0 Å². The third-order valence-corrected chi connectivity index (χ3v) is 5.85. The number of nitrogens with zero attached hydrogens (tertiary/aromatic N) is 4. The highest BCUT2D eigenvalue weighted by Crippen LogP contribution is 2.42. The van der Waals surface area contributed by atoms with Gasteiger partial charge in [-0.3, -0.25) is 9.59 Å². The number of hydrogen-bond donors (Lipinski definition) is 1. The molecule has 0 aliphatic carbocycles. The van der Waals surface area contributed by atoms with Gasteiger partial charge in [-0.05, 0) is 20.3 Å². The van der Waals surface area contributed by atoms with Gasteiger partial charge in [0, 0.05) is 31.7 Å². The lowest BCUT2D eigenvalue weighted by Crippen LogP contribution is -2.45. The van der Waals surface area contributed by atoms with E-state index in [0.29, 0.717) is 31.3 Å². The SMILES string of the molecule is CC(C)n1cnnc1SCC(=O)N1C[C@H]2COCC[C@@]2(C(=O)O)C1. The molecule has 0 unspecified atom stereocenters. The maximum absolute atomic E-state index is 12.5. The van der Waals surface area contributed by atoms with Gasteiger partial charge < -0.3 is 19.3 Å². The van der Waals surface area contributed by atoms with Crippen LogP contribution in [-0.2, 0) is 14.3 Å². The summed E-state index contributed by atoms with van der Waals surface area (Å²) in [5.41, 5.74) is -0.851. The van der Waals surface area contributed by atoms with E-state index in [4.69, 9.17) is 4.74 Å². The van der Waals surface area contributed by atoms with Gasteiger partial charge in [-0.25, -0.2) is 0 Å². The van der Waals surface area contributed by atoms with E-state index in [2.05, 4.69) is 10.2 Å². The molecular weight excluding hydrogens is 332 g/mol. The minimum atomic E-state index is -0.851. The summed E-state index contributed by atoms with van der Waals surface area (Å²) in [6, 6.07) is 0.222. The molecule has 9 heteroatoms. The zero-order valence-electron chi connectivity index (χ0n) is 13.8. The Bertz CT molecular complexity index is 635. The van der Waals surface area contributed by atoms with Crippen LogP contribution in [0.1, 0.15) is 26.3 Å². The third kappa shape index (κ3) is 3.02. The first-order chi connectivity index (χ1) is 11.4. The number of thioether (sulfide) groups is 1. The van der Waals surface area contributed by atoms with Gasteiger partial charge in [0.2, 0.25) is 5.91 Å². The highest BCUT2D eigenvalue weighted by Gasteiger charge is 2.54. The number of carboxylic acid groups (broad SMARTS) is 1. The quantitative estimate of drug-likeness (QED) is 0.785. The molecule has 2 fully saturated rings. The Kier molecular flexibility index (Phi) is 4.82. The van der Waals surface area contributed by atoms with Crippen molar-refractivity contribution >= 4 is 23.6 Å². The Labute approximate surface area is 144 Å². The smallest absolute Gasteiger partial charge is 0.311 e. The number of likely N-dealkylation sites (tertiary alicyclic amines) is 1. The summed E-state index contributed by atoms with van der Waals surface area (Å²) in [5.74, 6) is -0.780. The number of ether oxygens (including phenoxy) is 1. The van der Waals surface area contributed by atoms with Crippen molar-refractivity contribution in [1.82, 2.24) is 19.7 Å². The highest BCUT2D eigenvalue weighted by atomic mass is 32.2. The fraction of sp³-hybridized carbons (Fsp3) is 0.733. The van der Waals surface area contributed by atoms with E-state index in [1.165, 1.54) is 11.8 Å². The molecule has 3 rings (SSSR count). The molecule has 2 atom stereocenters. The first kappa shape index (κ1) is 17.2. The van der Waals surface area contributed by atoms with Gasteiger partial charge in [-0.2, -0.15) is 0 Å². The summed E-state index contributed by atoms with van der Waals surface area (Å²) in [7, 11) is 0. The van der Waals surface area contributed by atoms with Crippen LogP contribution in [0.15, 0.2) is 11.5 Å². The fourth-order valence-electron chi connectivity index (χ4n) is 3.40. The lowest BCUT2D eigenvalue weighted by atomic mass is 9.74. The Hall–Kier alpha value is -1.61. The maximum atomic E-state index is 12.5. The number of hydrogen-bond acceptors (Lipinski definition) is 6. The number of carboxylic acids is 1. The Balaban J connectivity index is 1.64. The predicted octanol–water partition coefficient (Wildman–Crippen LogP) is 0.901. The second kappa shape index (κ2) is 6.72. The van der Waals surface area contributed by atoms with Crippen molar-refractivity contribution < 1.29 is 19.4 Å². The first-order valence-corrected chi connectivity index (χ1v) is 9.04. The summed E-state index contributed by atoms with van der Waals surface area (Å²) in [5, 5.41) is 18.3. The molecule has 0 spiro atoms. The van der Waals surface area contributed by atoms with E-state index in [1.807, 2.05) is 18.4 Å². The molecule has 24 heavy (non-hydrogen) atoms. The summed E-state index contributed by atoms with van der Waals surface area (Å²) in [4.78, 5) is 26.0. The van der Waals surface area contributed by atoms with E-state index >= 15 is 0 Å². The Morgan fingerprint density at radius 2 is 2.33 bits per heavy atom. The van der Waals surface area contributed by atoms with Gasteiger partial charge in [-0.15, -0.1) is 10.2 Å². The first-order valence-electron chi connectivity index (χ1n) is 8.05. The zero-order valence-corrected chi connectivity index (χ0v) is 14.7. The van der Waals surface area contributed by atoms with Crippen molar-refractivity contribution in [2.24, 2.45) is 11.3 Å². The Morgan fingerprint density at radius 1 is 1.54 bits per heavy atom. The van der Waals surface area contributed by atoms with E-state index in [-0.39, 0.29) is 30.2 Å². The fourth-order valence-corrected chi connectivity index (χ4v) is 4.34. The topological polar surface area (TPSA) is 97.5 Å². The molecule has 1 aromatic heterocycles. The summed E-state index contributed by atoms with van der Waals surface area (Å²) < 4.78 is 7.33. The molecule has 3 heterocycles.